The third-order valence-electron chi connectivity index (χ3n) is 2.21. The number of aromatic carboxylic acids is 1. The Hall–Kier alpha value is -2.09. The van der Waals surface area contributed by atoms with E-state index in [2.05, 4.69) is 5.32 Å². The van der Waals surface area contributed by atoms with Gasteiger partial charge in [0.05, 0.1) is 5.75 Å². The summed E-state index contributed by atoms with van der Waals surface area (Å²) in [6.45, 7) is 0. The molecule has 0 saturated heterocycles. The quantitative estimate of drug-likeness (QED) is 0.723. The molecule has 0 heterocycles. The van der Waals surface area contributed by atoms with Gasteiger partial charge in [-0.05, 0) is 12.1 Å². The predicted molar refractivity (Wildman–Crippen MR) is 68.0 cm³/mol. The fourth-order valence-electron chi connectivity index (χ4n) is 1.29. The number of carbonyl (C=O) groups excluding carboxylic acids is 1. The van der Waals surface area contributed by atoms with Crippen LogP contribution in [-0.4, -0.2) is 42.5 Å². The Bertz CT molecular complexity index is 608. The van der Waals surface area contributed by atoms with Crippen molar-refractivity contribution in [2.75, 3.05) is 17.3 Å². The topological polar surface area (TPSA) is 121 Å². The molecule has 104 valence electrons. The minimum atomic E-state index is -3.23. The number of carboxylic acid groups (broad SMARTS) is 1. The Morgan fingerprint density at radius 1 is 1.32 bits per heavy atom. The SMILES string of the molecule is CS(=O)(=O)CCC(=O)Nc1ccc(C(=O)O)c(O)c1. The molecule has 0 atom stereocenters. The van der Waals surface area contributed by atoms with E-state index in [1.165, 1.54) is 6.07 Å². The minimum Gasteiger partial charge on any atom is -0.507 e. The maximum absolute atomic E-state index is 11.4. The van der Waals surface area contributed by atoms with Crippen molar-refractivity contribution >= 4 is 27.4 Å². The number of carbonyl (C=O) groups is 2. The van der Waals surface area contributed by atoms with Gasteiger partial charge in [0.25, 0.3) is 0 Å². The predicted octanol–water partition coefficient (Wildman–Crippen LogP) is 0.464. The Morgan fingerprint density at radius 2 is 1.95 bits per heavy atom. The molecule has 0 aliphatic rings. The van der Waals surface area contributed by atoms with Crippen LogP contribution in [0.5, 0.6) is 5.75 Å². The molecule has 19 heavy (non-hydrogen) atoms. The number of sulfone groups is 1. The molecular weight excluding hydrogens is 274 g/mol. The minimum absolute atomic E-state index is 0.195. The lowest BCUT2D eigenvalue weighted by molar-refractivity contribution is -0.115. The highest BCUT2D eigenvalue weighted by Crippen LogP contribution is 2.21. The van der Waals surface area contributed by atoms with Gasteiger partial charge < -0.3 is 15.5 Å². The molecule has 1 aromatic rings. The molecule has 0 saturated carbocycles. The van der Waals surface area contributed by atoms with E-state index in [1.54, 1.807) is 0 Å². The van der Waals surface area contributed by atoms with Crippen LogP contribution in [0.3, 0.4) is 0 Å². The summed E-state index contributed by atoms with van der Waals surface area (Å²) in [5.41, 5.74) is -0.0878. The molecule has 8 heteroatoms. The molecule has 0 aliphatic carbocycles. The van der Waals surface area contributed by atoms with Gasteiger partial charge in [-0.25, -0.2) is 13.2 Å². The summed E-state index contributed by atoms with van der Waals surface area (Å²) in [6.07, 6.45) is 0.814. The Morgan fingerprint density at radius 3 is 2.42 bits per heavy atom. The number of nitrogens with one attached hydrogen (secondary N) is 1. The van der Waals surface area contributed by atoms with Crippen molar-refractivity contribution in [2.24, 2.45) is 0 Å². The summed E-state index contributed by atoms with van der Waals surface area (Å²) in [6, 6.07) is 3.53. The second-order valence-corrected chi connectivity index (χ2v) is 6.22. The Balaban J connectivity index is 2.70. The van der Waals surface area contributed by atoms with E-state index in [4.69, 9.17) is 5.11 Å². The van der Waals surface area contributed by atoms with E-state index in [0.29, 0.717) is 0 Å². The average molecular weight is 287 g/mol. The summed E-state index contributed by atoms with van der Waals surface area (Å²) >= 11 is 0. The number of carboxylic acids is 1. The standard InChI is InChI=1S/C11H13NO6S/c1-19(17,18)5-4-10(14)12-7-2-3-8(11(15)16)9(13)6-7/h2-3,6,13H,4-5H2,1H3,(H,12,14)(H,15,16). The fraction of sp³-hybridized carbons (Fsp3) is 0.273. The van der Waals surface area contributed by atoms with Gasteiger partial charge in [0.15, 0.2) is 0 Å². The van der Waals surface area contributed by atoms with Crippen molar-refractivity contribution in [1.29, 1.82) is 0 Å². The van der Waals surface area contributed by atoms with Crippen LogP contribution < -0.4 is 5.32 Å². The van der Waals surface area contributed by atoms with Crippen LogP contribution in [0, 0.1) is 0 Å². The highest BCUT2D eigenvalue weighted by atomic mass is 32.2. The molecule has 7 nitrogen and oxygen atoms in total. The van der Waals surface area contributed by atoms with Crippen molar-refractivity contribution in [2.45, 2.75) is 6.42 Å². The van der Waals surface area contributed by atoms with Gasteiger partial charge >= 0.3 is 5.97 Å². The first-order valence-corrected chi connectivity index (χ1v) is 7.29. The largest absolute Gasteiger partial charge is 0.507 e. The maximum atomic E-state index is 11.4. The second kappa shape index (κ2) is 5.70. The van der Waals surface area contributed by atoms with Crippen LogP contribution in [-0.2, 0) is 14.6 Å². The lowest BCUT2D eigenvalue weighted by Gasteiger charge is -2.06. The van der Waals surface area contributed by atoms with Crippen molar-refractivity contribution in [1.82, 2.24) is 0 Å². The molecule has 1 aromatic carbocycles. The fourth-order valence-corrected chi connectivity index (χ4v) is 1.85. The van der Waals surface area contributed by atoms with E-state index in [1.807, 2.05) is 0 Å². The molecular formula is C11H13NO6S. The normalized spacial score (nSPS) is 11.0. The van der Waals surface area contributed by atoms with Crippen LogP contribution in [0.25, 0.3) is 0 Å². The number of hydrogen-bond acceptors (Lipinski definition) is 5. The number of anilines is 1. The Kier molecular flexibility index (Phi) is 4.49. The van der Waals surface area contributed by atoms with Crippen LogP contribution in [0.1, 0.15) is 16.8 Å². The van der Waals surface area contributed by atoms with E-state index in [0.717, 1.165) is 18.4 Å². The van der Waals surface area contributed by atoms with Crippen molar-refractivity contribution in [3.05, 3.63) is 23.8 Å². The van der Waals surface area contributed by atoms with E-state index >= 15 is 0 Å². The van der Waals surface area contributed by atoms with Gasteiger partial charge in [0, 0.05) is 24.4 Å². The zero-order chi connectivity index (χ0) is 14.6. The number of amides is 1. The average Bonchev–Trinajstić information content (AvgIpc) is 2.25. The first kappa shape index (κ1) is 15.0. The molecule has 3 N–H and O–H groups in total. The monoisotopic (exact) mass is 287 g/mol. The lowest BCUT2D eigenvalue weighted by Crippen LogP contribution is -2.16. The molecule has 0 unspecified atom stereocenters. The van der Waals surface area contributed by atoms with Crippen LogP contribution in [0.4, 0.5) is 5.69 Å². The summed E-state index contributed by atoms with van der Waals surface area (Å²) < 4.78 is 21.8. The third kappa shape index (κ3) is 4.96. The maximum Gasteiger partial charge on any atom is 0.339 e. The van der Waals surface area contributed by atoms with E-state index < -0.39 is 27.5 Å². The van der Waals surface area contributed by atoms with Gasteiger partial charge in [-0.15, -0.1) is 0 Å². The van der Waals surface area contributed by atoms with Gasteiger partial charge in [0.1, 0.15) is 21.2 Å². The van der Waals surface area contributed by atoms with E-state index in [-0.39, 0.29) is 23.4 Å². The third-order valence-corrected chi connectivity index (χ3v) is 3.16. The molecule has 0 aliphatic heterocycles. The number of rotatable bonds is 5. The van der Waals surface area contributed by atoms with Crippen LogP contribution in [0.15, 0.2) is 18.2 Å². The van der Waals surface area contributed by atoms with E-state index in [9.17, 15) is 23.1 Å². The number of benzene rings is 1. The van der Waals surface area contributed by atoms with Gasteiger partial charge in [0.2, 0.25) is 5.91 Å². The first-order valence-electron chi connectivity index (χ1n) is 5.23. The van der Waals surface area contributed by atoms with Crippen LogP contribution in [0.2, 0.25) is 0 Å². The highest BCUT2D eigenvalue weighted by molar-refractivity contribution is 7.90. The lowest BCUT2D eigenvalue weighted by atomic mass is 10.2. The summed E-state index contributed by atoms with van der Waals surface area (Å²) in [5.74, 6) is -2.58. The molecule has 0 fully saturated rings. The molecule has 0 aromatic heterocycles. The van der Waals surface area contributed by atoms with Gasteiger partial charge in [-0.1, -0.05) is 0 Å². The van der Waals surface area contributed by atoms with Gasteiger partial charge in [-0.2, -0.15) is 0 Å². The highest BCUT2D eigenvalue weighted by Gasteiger charge is 2.12. The zero-order valence-corrected chi connectivity index (χ0v) is 10.9. The molecule has 0 radical (unpaired) electrons. The van der Waals surface area contributed by atoms with Gasteiger partial charge in [-0.3, -0.25) is 4.79 Å². The van der Waals surface area contributed by atoms with Crippen molar-refractivity contribution in [3.63, 3.8) is 0 Å². The summed E-state index contributed by atoms with van der Waals surface area (Å²) in [4.78, 5) is 22.1. The molecule has 0 bridgehead atoms. The number of phenols is 1. The smallest absolute Gasteiger partial charge is 0.339 e. The summed E-state index contributed by atoms with van der Waals surface area (Å²) in [7, 11) is -3.23. The van der Waals surface area contributed by atoms with Crippen molar-refractivity contribution < 1.29 is 28.2 Å². The molecule has 1 amide bonds. The molecule has 0 spiro atoms. The zero-order valence-electron chi connectivity index (χ0n) is 10.1. The van der Waals surface area contributed by atoms with Crippen LogP contribution >= 0.6 is 0 Å². The summed E-state index contributed by atoms with van der Waals surface area (Å²) in [5, 5.41) is 20.5. The number of aromatic hydroxyl groups is 1. The molecule has 1 rings (SSSR count). The first-order chi connectivity index (χ1) is 8.69. The number of hydrogen-bond donors (Lipinski definition) is 3. The Labute approximate surface area is 109 Å². The van der Waals surface area contributed by atoms with Crippen molar-refractivity contribution in [3.8, 4) is 5.75 Å². The second-order valence-electron chi connectivity index (χ2n) is 3.97.